The molecule has 3 rings (SSSR count). The van der Waals surface area contributed by atoms with E-state index in [9.17, 15) is 17.8 Å². The van der Waals surface area contributed by atoms with Crippen LogP contribution in [0.5, 0.6) is 0 Å². The molecule has 0 saturated carbocycles. The first-order valence-corrected chi connectivity index (χ1v) is 8.34. The molecule has 2 fully saturated rings. The molecule has 3 heterocycles. The number of carbonyl (C=O) groups excluding carboxylic acids is 1. The fraction of sp³-hybridized carbons (Fsp3) is 0.727. The van der Waals surface area contributed by atoms with Gasteiger partial charge in [-0.2, -0.15) is 9.35 Å². The number of amides is 2. The van der Waals surface area contributed by atoms with Crippen LogP contribution < -0.4 is 29.6 Å². The van der Waals surface area contributed by atoms with Gasteiger partial charge in [-0.05, 0) is 12.8 Å². The zero-order chi connectivity index (χ0) is 16.6. The van der Waals surface area contributed by atoms with Crippen LogP contribution in [0.15, 0.2) is 6.20 Å². The molecular weight excluding hydrogens is 353 g/mol. The van der Waals surface area contributed by atoms with E-state index < -0.39 is 22.5 Å². The van der Waals surface area contributed by atoms with Gasteiger partial charge in [-0.25, -0.2) is 13.2 Å². The van der Waals surface area contributed by atoms with Gasteiger partial charge in [-0.1, -0.05) is 5.21 Å². The Morgan fingerprint density at radius 3 is 2.83 bits per heavy atom. The van der Waals surface area contributed by atoms with Crippen LogP contribution in [0.3, 0.4) is 0 Å². The first-order valence-electron chi connectivity index (χ1n) is 7.00. The van der Waals surface area contributed by atoms with Gasteiger partial charge in [-0.3, -0.25) is 4.68 Å². The molecule has 0 radical (unpaired) electrons. The number of fused-ring (bicyclic) bond motifs is 2. The summed E-state index contributed by atoms with van der Waals surface area (Å²) in [6.07, 6.45) is 2.92. The zero-order valence-corrected chi connectivity index (χ0v) is 16.2. The van der Waals surface area contributed by atoms with E-state index in [1.54, 1.807) is 18.0 Å². The maximum Gasteiger partial charge on any atom is 1.00 e. The molecule has 24 heavy (non-hydrogen) atoms. The Bertz CT molecular complexity index is 697. The molecule has 13 heteroatoms. The fourth-order valence-corrected chi connectivity index (χ4v) is 3.34. The Hall–Kier alpha value is -0.760. The normalized spacial score (nSPS) is 23.5. The molecule has 11 nitrogen and oxygen atoms in total. The van der Waals surface area contributed by atoms with E-state index in [-0.39, 0.29) is 35.6 Å². The van der Waals surface area contributed by atoms with Crippen LogP contribution in [0.1, 0.15) is 18.5 Å². The van der Waals surface area contributed by atoms with E-state index in [2.05, 4.69) is 14.6 Å². The van der Waals surface area contributed by atoms with Gasteiger partial charge in [0.05, 0.1) is 31.4 Å². The van der Waals surface area contributed by atoms with Crippen molar-refractivity contribution >= 4 is 16.4 Å². The van der Waals surface area contributed by atoms with E-state index in [0.29, 0.717) is 43.3 Å². The summed E-state index contributed by atoms with van der Waals surface area (Å²) >= 11 is 0. The molecular formula is C11H16N5NaO6S. The Morgan fingerprint density at radius 2 is 2.17 bits per heavy atom. The van der Waals surface area contributed by atoms with Crippen LogP contribution in [0.2, 0.25) is 0 Å². The number of hydrogen-bond donors (Lipinski definition) is 0. The Morgan fingerprint density at radius 1 is 1.42 bits per heavy atom. The number of piperidine rings is 1. The van der Waals surface area contributed by atoms with Crippen molar-refractivity contribution in [3.8, 4) is 0 Å². The van der Waals surface area contributed by atoms with Gasteiger partial charge < -0.3 is 14.2 Å². The summed E-state index contributed by atoms with van der Waals surface area (Å²) in [6, 6.07) is -1.21. The molecule has 2 atom stereocenters. The zero-order valence-electron chi connectivity index (χ0n) is 13.4. The molecule has 2 amide bonds. The minimum atomic E-state index is -4.97. The van der Waals surface area contributed by atoms with E-state index in [1.165, 1.54) is 4.90 Å². The fourth-order valence-electron chi connectivity index (χ4n) is 2.96. The summed E-state index contributed by atoms with van der Waals surface area (Å²) in [6.45, 7) is 1.09. The van der Waals surface area contributed by atoms with Gasteiger partial charge in [0.1, 0.15) is 5.69 Å². The number of hydroxylamine groups is 2. The van der Waals surface area contributed by atoms with Crippen molar-refractivity contribution in [2.24, 2.45) is 0 Å². The van der Waals surface area contributed by atoms with Gasteiger partial charge in [0.15, 0.2) is 0 Å². The molecule has 0 aliphatic carbocycles. The molecule has 2 aliphatic rings. The Balaban J connectivity index is 0.00000208. The van der Waals surface area contributed by atoms with Crippen LogP contribution in [0.4, 0.5) is 4.79 Å². The summed E-state index contributed by atoms with van der Waals surface area (Å²) in [5, 5.41) is 8.58. The standard InChI is InChI=1S/C11H17N5O6S.Na/c1-21-7-8-4-14(13-12-8)5-9-2-3-10-6-15(9)11(17)16(10)22-23(18,19)20;/h4,9-10H,2-3,5-7H2,1H3,(H,18,19,20);/q;+1/p-1/t9-,10+;/m0./s1. The molecule has 0 unspecified atom stereocenters. The third kappa shape index (κ3) is 4.25. The van der Waals surface area contributed by atoms with Crippen LogP contribution in [0.25, 0.3) is 0 Å². The van der Waals surface area contributed by atoms with Crippen molar-refractivity contribution < 1.29 is 56.3 Å². The number of urea groups is 1. The molecule has 2 bridgehead atoms. The van der Waals surface area contributed by atoms with E-state index >= 15 is 0 Å². The summed E-state index contributed by atoms with van der Waals surface area (Å²) in [4.78, 5) is 13.7. The van der Waals surface area contributed by atoms with Crippen molar-refractivity contribution in [1.82, 2.24) is 25.0 Å². The van der Waals surface area contributed by atoms with Crippen LogP contribution in [0, 0.1) is 0 Å². The van der Waals surface area contributed by atoms with Crippen molar-refractivity contribution in [3.63, 3.8) is 0 Å². The predicted molar refractivity (Wildman–Crippen MR) is 72.3 cm³/mol. The molecule has 128 valence electrons. The number of nitrogens with zero attached hydrogens (tertiary/aromatic N) is 5. The van der Waals surface area contributed by atoms with Gasteiger partial charge in [0.25, 0.3) is 0 Å². The molecule has 0 aromatic carbocycles. The largest absolute Gasteiger partial charge is 1.00 e. The molecule has 0 spiro atoms. The Kier molecular flexibility index (Phi) is 6.23. The van der Waals surface area contributed by atoms with Gasteiger partial charge in [0.2, 0.25) is 10.4 Å². The number of aromatic nitrogens is 3. The maximum atomic E-state index is 12.2. The maximum absolute atomic E-state index is 12.2. The first-order chi connectivity index (χ1) is 10.9. The Labute approximate surface area is 161 Å². The quantitative estimate of drug-likeness (QED) is 0.282. The first kappa shape index (κ1) is 19.6. The second kappa shape index (κ2) is 7.64. The van der Waals surface area contributed by atoms with E-state index in [4.69, 9.17) is 4.74 Å². The van der Waals surface area contributed by atoms with Gasteiger partial charge in [0, 0.05) is 13.7 Å². The van der Waals surface area contributed by atoms with Gasteiger partial charge >= 0.3 is 35.6 Å². The average Bonchev–Trinajstić information content (AvgIpc) is 3.00. The molecule has 1 aromatic rings. The van der Waals surface area contributed by atoms with Crippen molar-refractivity contribution in [2.45, 2.75) is 38.1 Å². The van der Waals surface area contributed by atoms with Gasteiger partial charge in [-0.15, -0.1) is 5.10 Å². The number of hydrogen-bond acceptors (Lipinski definition) is 8. The molecule has 1 aromatic heterocycles. The summed E-state index contributed by atoms with van der Waals surface area (Å²) in [7, 11) is -3.41. The van der Waals surface area contributed by atoms with Crippen molar-refractivity contribution in [1.29, 1.82) is 0 Å². The summed E-state index contributed by atoms with van der Waals surface area (Å²) < 4.78 is 43.0. The predicted octanol–water partition coefficient (Wildman–Crippen LogP) is -3.91. The third-order valence-electron chi connectivity index (χ3n) is 3.89. The smallest absolute Gasteiger partial charge is 0.724 e. The molecule has 0 N–H and O–H groups in total. The molecule has 2 saturated heterocycles. The SMILES string of the molecule is COCc1cn(C[C@@H]2CC[C@@H]3CN2C(=O)N3OS(=O)(=O)[O-])nn1.[Na+]. The van der Waals surface area contributed by atoms with E-state index in [0.717, 1.165) is 0 Å². The number of rotatable bonds is 6. The number of methoxy groups -OCH3 is 1. The van der Waals surface area contributed by atoms with Crippen molar-refractivity contribution in [3.05, 3.63) is 11.9 Å². The number of carbonyl (C=O) groups is 1. The monoisotopic (exact) mass is 369 g/mol. The third-order valence-corrected chi connectivity index (χ3v) is 4.24. The van der Waals surface area contributed by atoms with E-state index in [1.807, 2.05) is 0 Å². The second-order valence-corrected chi connectivity index (χ2v) is 6.46. The molecule has 2 aliphatic heterocycles. The average molecular weight is 369 g/mol. The topological polar surface area (TPSA) is 130 Å². The number of ether oxygens (including phenoxy) is 1. The van der Waals surface area contributed by atoms with Crippen LogP contribution >= 0.6 is 0 Å². The van der Waals surface area contributed by atoms with Crippen molar-refractivity contribution in [2.75, 3.05) is 13.7 Å². The minimum absolute atomic E-state index is 0. The minimum Gasteiger partial charge on any atom is -0.724 e. The van der Waals surface area contributed by atoms with Crippen LogP contribution in [-0.2, 0) is 32.6 Å². The summed E-state index contributed by atoms with van der Waals surface area (Å²) in [5.74, 6) is 0. The van der Waals surface area contributed by atoms with Crippen LogP contribution in [-0.4, -0.2) is 69.7 Å². The summed E-state index contributed by atoms with van der Waals surface area (Å²) in [5.41, 5.74) is 0.677. The second-order valence-electron chi connectivity index (χ2n) is 5.49.